The summed E-state index contributed by atoms with van der Waals surface area (Å²) in [7, 11) is 0. The lowest BCUT2D eigenvalue weighted by molar-refractivity contribution is -0.126. The molecule has 2 N–H and O–H groups in total. The molecule has 7 nitrogen and oxygen atoms in total. The van der Waals surface area contributed by atoms with Crippen molar-refractivity contribution in [2.24, 2.45) is 0 Å². The standard InChI is InChI=1S/C22H19ClF2N4O3/c1-2-17(32)28-6-7-29(12(9-28)10-30)22-13-8-14(23)18(20(25)21(13)26-11-27-22)19-15(24)4-3-5-16(19)31/h2-5,8,11-12,30-31H,1,6-7,9-10H2/t12-/m1/s1. The maximum Gasteiger partial charge on any atom is 0.246 e. The van der Waals surface area contributed by atoms with E-state index in [1.54, 1.807) is 9.80 Å². The number of aliphatic hydroxyl groups excluding tert-OH is 1. The minimum absolute atomic E-state index is 0.113. The van der Waals surface area contributed by atoms with Gasteiger partial charge in [0.05, 0.1) is 23.2 Å². The van der Waals surface area contributed by atoms with E-state index in [0.29, 0.717) is 18.9 Å². The average Bonchev–Trinajstić information content (AvgIpc) is 2.79. The average molecular weight is 461 g/mol. The second kappa shape index (κ2) is 8.68. The number of aromatic hydroxyl groups is 1. The van der Waals surface area contributed by atoms with E-state index in [9.17, 15) is 19.4 Å². The van der Waals surface area contributed by atoms with Crippen molar-refractivity contribution in [1.29, 1.82) is 0 Å². The largest absolute Gasteiger partial charge is 0.507 e. The smallest absolute Gasteiger partial charge is 0.246 e. The zero-order valence-electron chi connectivity index (χ0n) is 16.8. The van der Waals surface area contributed by atoms with Crippen molar-refractivity contribution < 1.29 is 23.8 Å². The van der Waals surface area contributed by atoms with Gasteiger partial charge in [0.2, 0.25) is 5.91 Å². The summed E-state index contributed by atoms with van der Waals surface area (Å²) in [6.07, 6.45) is 2.37. The highest BCUT2D eigenvalue weighted by Crippen LogP contribution is 2.42. The molecule has 0 saturated carbocycles. The van der Waals surface area contributed by atoms with Crippen molar-refractivity contribution in [3.8, 4) is 16.9 Å². The van der Waals surface area contributed by atoms with E-state index in [1.807, 2.05) is 0 Å². The number of hydrogen-bond donors (Lipinski definition) is 2. The number of halogens is 3. The zero-order valence-corrected chi connectivity index (χ0v) is 17.6. The summed E-state index contributed by atoms with van der Waals surface area (Å²) in [4.78, 5) is 23.6. The van der Waals surface area contributed by atoms with Crippen LogP contribution in [0.3, 0.4) is 0 Å². The van der Waals surface area contributed by atoms with Crippen LogP contribution in [0.4, 0.5) is 14.6 Å². The Bertz CT molecular complexity index is 1200. The van der Waals surface area contributed by atoms with Crippen LogP contribution in [0, 0.1) is 11.6 Å². The normalized spacial score (nSPS) is 16.4. The molecule has 1 aliphatic rings. The number of benzene rings is 2. The lowest BCUT2D eigenvalue weighted by Crippen LogP contribution is -2.56. The molecule has 0 radical (unpaired) electrons. The first-order valence-electron chi connectivity index (χ1n) is 9.76. The van der Waals surface area contributed by atoms with Crippen molar-refractivity contribution in [2.75, 3.05) is 31.1 Å². The molecule has 1 aliphatic heterocycles. The number of aromatic nitrogens is 2. The molecule has 1 aromatic heterocycles. The van der Waals surface area contributed by atoms with Crippen molar-refractivity contribution in [1.82, 2.24) is 14.9 Å². The number of anilines is 1. The highest BCUT2D eigenvalue weighted by Gasteiger charge is 2.31. The summed E-state index contributed by atoms with van der Waals surface area (Å²) >= 11 is 6.35. The van der Waals surface area contributed by atoms with E-state index in [-0.39, 0.29) is 46.1 Å². The molecule has 32 heavy (non-hydrogen) atoms. The van der Waals surface area contributed by atoms with Gasteiger partial charge in [-0.15, -0.1) is 0 Å². The molecule has 166 valence electrons. The maximum absolute atomic E-state index is 15.5. The van der Waals surface area contributed by atoms with Gasteiger partial charge in [-0.3, -0.25) is 4.79 Å². The molecule has 2 heterocycles. The molecular formula is C22H19ClF2N4O3. The monoisotopic (exact) mass is 460 g/mol. The van der Waals surface area contributed by atoms with Crippen LogP contribution in [0.25, 0.3) is 22.0 Å². The lowest BCUT2D eigenvalue weighted by Gasteiger charge is -2.41. The van der Waals surface area contributed by atoms with E-state index < -0.39 is 23.4 Å². The van der Waals surface area contributed by atoms with E-state index in [1.165, 1.54) is 24.3 Å². The van der Waals surface area contributed by atoms with Crippen LogP contribution in [-0.2, 0) is 4.79 Å². The summed E-state index contributed by atoms with van der Waals surface area (Å²) in [6, 6.07) is 4.54. The fourth-order valence-corrected chi connectivity index (χ4v) is 4.24. The molecule has 10 heteroatoms. The number of aliphatic hydroxyl groups is 1. The number of nitrogens with zero attached hydrogens (tertiary/aromatic N) is 4. The number of amides is 1. The van der Waals surface area contributed by atoms with Gasteiger partial charge in [0, 0.05) is 30.6 Å². The van der Waals surface area contributed by atoms with Crippen molar-refractivity contribution in [3.63, 3.8) is 0 Å². The van der Waals surface area contributed by atoms with Crippen LogP contribution in [0.5, 0.6) is 5.75 Å². The van der Waals surface area contributed by atoms with E-state index in [0.717, 1.165) is 12.4 Å². The molecule has 1 atom stereocenters. The molecule has 1 fully saturated rings. The Morgan fingerprint density at radius 1 is 1.28 bits per heavy atom. The number of carbonyl (C=O) groups excluding carboxylic acids is 1. The molecule has 0 spiro atoms. The number of carbonyl (C=O) groups is 1. The van der Waals surface area contributed by atoms with Crippen molar-refractivity contribution in [2.45, 2.75) is 6.04 Å². The molecule has 1 saturated heterocycles. The Morgan fingerprint density at radius 2 is 2.06 bits per heavy atom. The Labute approximate surface area is 187 Å². The number of hydrogen-bond acceptors (Lipinski definition) is 6. The van der Waals surface area contributed by atoms with Crippen LogP contribution < -0.4 is 4.90 Å². The highest BCUT2D eigenvalue weighted by molar-refractivity contribution is 6.34. The number of phenolic OH excluding ortho intramolecular Hbond substituents is 1. The highest BCUT2D eigenvalue weighted by atomic mass is 35.5. The summed E-state index contributed by atoms with van der Waals surface area (Å²) < 4.78 is 29.9. The molecule has 4 rings (SSSR count). The van der Waals surface area contributed by atoms with E-state index >= 15 is 4.39 Å². The van der Waals surface area contributed by atoms with E-state index in [2.05, 4.69) is 16.5 Å². The third kappa shape index (κ3) is 3.63. The van der Waals surface area contributed by atoms with Crippen LogP contribution in [-0.4, -0.2) is 63.3 Å². The molecular weight excluding hydrogens is 442 g/mol. The van der Waals surface area contributed by atoms with Crippen LogP contribution in [0.15, 0.2) is 43.2 Å². The van der Waals surface area contributed by atoms with Gasteiger partial charge < -0.3 is 20.0 Å². The summed E-state index contributed by atoms with van der Waals surface area (Å²) in [5.74, 6) is -2.12. The van der Waals surface area contributed by atoms with Crippen LogP contribution >= 0.6 is 11.6 Å². The first kappa shape index (κ1) is 21.9. The third-order valence-electron chi connectivity index (χ3n) is 5.49. The van der Waals surface area contributed by atoms with Crippen LogP contribution in [0.2, 0.25) is 5.02 Å². The first-order valence-corrected chi connectivity index (χ1v) is 10.1. The van der Waals surface area contributed by atoms with Gasteiger partial charge in [0.1, 0.15) is 29.2 Å². The Kier molecular flexibility index (Phi) is 5.94. The van der Waals surface area contributed by atoms with Gasteiger partial charge in [-0.1, -0.05) is 24.2 Å². The fraction of sp³-hybridized carbons (Fsp3) is 0.227. The maximum atomic E-state index is 15.5. The lowest BCUT2D eigenvalue weighted by atomic mass is 10.0. The predicted octanol–water partition coefficient (Wildman–Crippen LogP) is 3.13. The van der Waals surface area contributed by atoms with Gasteiger partial charge in [-0.2, -0.15) is 0 Å². The zero-order chi connectivity index (χ0) is 23.0. The van der Waals surface area contributed by atoms with Crippen molar-refractivity contribution in [3.05, 3.63) is 59.9 Å². The Balaban J connectivity index is 1.84. The van der Waals surface area contributed by atoms with Gasteiger partial charge >= 0.3 is 0 Å². The molecule has 3 aromatic rings. The van der Waals surface area contributed by atoms with Gasteiger partial charge in [0.25, 0.3) is 0 Å². The number of fused-ring (bicyclic) bond motifs is 1. The second-order valence-electron chi connectivity index (χ2n) is 7.29. The fourth-order valence-electron chi connectivity index (χ4n) is 3.95. The summed E-state index contributed by atoms with van der Waals surface area (Å²) in [6.45, 7) is 4.11. The topological polar surface area (TPSA) is 89.8 Å². The molecule has 2 aromatic carbocycles. The third-order valence-corrected chi connectivity index (χ3v) is 5.79. The Hall–Kier alpha value is -3.30. The van der Waals surface area contributed by atoms with Gasteiger partial charge in [-0.25, -0.2) is 18.7 Å². The minimum atomic E-state index is -0.905. The van der Waals surface area contributed by atoms with Crippen molar-refractivity contribution >= 4 is 34.2 Å². The first-order chi connectivity index (χ1) is 15.4. The van der Waals surface area contributed by atoms with Gasteiger partial charge in [0.15, 0.2) is 5.82 Å². The number of rotatable bonds is 4. The van der Waals surface area contributed by atoms with E-state index in [4.69, 9.17) is 11.6 Å². The minimum Gasteiger partial charge on any atom is -0.507 e. The predicted molar refractivity (Wildman–Crippen MR) is 117 cm³/mol. The molecule has 1 amide bonds. The number of piperazine rings is 1. The summed E-state index contributed by atoms with van der Waals surface area (Å²) in [5, 5.41) is 20.1. The molecule has 0 aliphatic carbocycles. The molecule has 0 unspecified atom stereocenters. The Morgan fingerprint density at radius 3 is 2.75 bits per heavy atom. The quantitative estimate of drug-likeness (QED) is 0.581. The number of phenols is 1. The molecule has 0 bridgehead atoms. The van der Waals surface area contributed by atoms with Gasteiger partial charge in [-0.05, 0) is 24.3 Å². The SMILES string of the molecule is C=CC(=O)N1CCN(c2ncnc3c(F)c(-c4c(O)cccc4F)c(Cl)cc23)[C@@H](CO)C1. The summed E-state index contributed by atoms with van der Waals surface area (Å²) in [5.41, 5.74) is -0.778. The van der Waals surface area contributed by atoms with Crippen LogP contribution in [0.1, 0.15) is 0 Å². The second-order valence-corrected chi connectivity index (χ2v) is 7.70.